The first-order valence-electron chi connectivity index (χ1n) is 12.3. The highest BCUT2D eigenvalue weighted by Gasteiger charge is 2.50. The number of hydrogen-bond acceptors (Lipinski definition) is 2. The van der Waals surface area contributed by atoms with Gasteiger partial charge in [-0.25, -0.2) is 0 Å². The molecule has 0 aromatic heterocycles. The minimum Gasteiger partial charge on any atom is -0.393 e. The maximum absolute atomic E-state index is 10.1. The number of aliphatic hydroxyl groups excluding tert-OH is 2. The van der Waals surface area contributed by atoms with E-state index in [1.54, 1.807) is 5.57 Å². The molecule has 0 heterocycles. The topological polar surface area (TPSA) is 40.5 Å². The Labute approximate surface area is 184 Å². The van der Waals surface area contributed by atoms with Gasteiger partial charge in [0, 0.05) is 6.42 Å². The van der Waals surface area contributed by atoms with E-state index in [4.69, 9.17) is 0 Å². The van der Waals surface area contributed by atoms with Crippen molar-refractivity contribution in [3.63, 3.8) is 0 Å². The zero-order valence-electron chi connectivity index (χ0n) is 19.9. The molecule has 168 valence electrons. The molecule has 0 aliphatic heterocycles. The molecule has 0 bridgehead atoms. The second kappa shape index (κ2) is 9.57. The molecular formula is C28H44O2. The van der Waals surface area contributed by atoms with Crippen LogP contribution in [0.4, 0.5) is 0 Å². The van der Waals surface area contributed by atoms with Gasteiger partial charge in [-0.2, -0.15) is 0 Å². The van der Waals surface area contributed by atoms with Crippen LogP contribution in [0, 0.1) is 35.0 Å². The van der Waals surface area contributed by atoms with E-state index in [-0.39, 0.29) is 0 Å². The summed E-state index contributed by atoms with van der Waals surface area (Å²) in [6, 6.07) is 0. The number of hydrogen-bond donors (Lipinski definition) is 2. The van der Waals surface area contributed by atoms with Crippen molar-refractivity contribution in [2.75, 3.05) is 0 Å². The highest BCUT2D eigenvalue weighted by molar-refractivity contribution is 5.38. The standard InChI is InChI=1S/C28H44O2/c1-18(2)19(3)9-10-20(4)25-13-14-26-22(8-7-15-28(25,26)6)11-12-23-16-24(29)17-27(30)21(23)5/h9-12,18-20,24-27,29-30H,5,7-8,13-17H2,1-4,6H3/b10-9+,22-11+,23-12-/t19-,20+,24+,25+,26+,27-,28-/m0/s1. The van der Waals surface area contributed by atoms with Crippen LogP contribution in [0.3, 0.4) is 0 Å². The van der Waals surface area contributed by atoms with E-state index in [2.05, 4.69) is 65.5 Å². The summed E-state index contributed by atoms with van der Waals surface area (Å²) in [6.07, 6.45) is 15.8. The zero-order valence-corrected chi connectivity index (χ0v) is 19.9. The predicted molar refractivity (Wildman–Crippen MR) is 127 cm³/mol. The third-order valence-electron chi connectivity index (χ3n) is 8.71. The van der Waals surface area contributed by atoms with Gasteiger partial charge < -0.3 is 10.2 Å². The Morgan fingerprint density at radius 1 is 1.07 bits per heavy atom. The Balaban J connectivity index is 1.76. The summed E-state index contributed by atoms with van der Waals surface area (Å²) in [6.45, 7) is 16.0. The quantitative estimate of drug-likeness (QED) is 0.499. The summed E-state index contributed by atoms with van der Waals surface area (Å²) in [7, 11) is 0. The number of fused-ring (bicyclic) bond motifs is 1. The Kier molecular flexibility index (Phi) is 7.51. The molecule has 0 spiro atoms. The van der Waals surface area contributed by atoms with Crippen LogP contribution in [-0.4, -0.2) is 22.4 Å². The Hall–Kier alpha value is -1.12. The summed E-state index contributed by atoms with van der Waals surface area (Å²) >= 11 is 0. The van der Waals surface area contributed by atoms with Crippen LogP contribution in [-0.2, 0) is 0 Å². The van der Waals surface area contributed by atoms with E-state index >= 15 is 0 Å². The third kappa shape index (κ3) is 4.86. The molecule has 0 aromatic rings. The summed E-state index contributed by atoms with van der Waals surface area (Å²) in [4.78, 5) is 0. The lowest BCUT2D eigenvalue weighted by atomic mass is 9.61. The number of aliphatic hydroxyl groups is 2. The van der Waals surface area contributed by atoms with Gasteiger partial charge in [-0.1, -0.05) is 71.1 Å². The van der Waals surface area contributed by atoms with Crippen LogP contribution in [0.2, 0.25) is 0 Å². The van der Waals surface area contributed by atoms with Crippen molar-refractivity contribution < 1.29 is 10.2 Å². The molecule has 7 atom stereocenters. The van der Waals surface area contributed by atoms with Crippen LogP contribution in [0.25, 0.3) is 0 Å². The second-order valence-corrected chi connectivity index (χ2v) is 11.0. The molecule has 30 heavy (non-hydrogen) atoms. The Morgan fingerprint density at radius 3 is 2.50 bits per heavy atom. The van der Waals surface area contributed by atoms with Crippen LogP contribution >= 0.6 is 0 Å². The first-order chi connectivity index (χ1) is 14.1. The molecule has 0 amide bonds. The van der Waals surface area contributed by atoms with Gasteiger partial charge in [-0.3, -0.25) is 0 Å². The maximum Gasteiger partial charge on any atom is 0.0811 e. The van der Waals surface area contributed by atoms with Gasteiger partial charge in [-0.05, 0) is 84.7 Å². The van der Waals surface area contributed by atoms with Gasteiger partial charge >= 0.3 is 0 Å². The molecular weight excluding hydrogens is 368 g/mol. The first-order valence-corrected chi connectivity index (χ1v) is 12.3. The molecule has 3 saturated carbocycles. The van der Waals surface area contributed by atoms with Crippen LogP contribution in [0.15, 0.2) is 47.6 Å². The highest BCUT2D eigenvalue weighted by atomic mass is 16.3. The lowest BCUT2D eigenvalue weighted by molar-refractivity contribution is 0.0862. The van der Waals surface area contributed by atoms with Gasteiger partial charge in [0.25, 0.3) is 0 Å². The summed E-state index contributed by atoms with van der Waals surface area (Å²) in [5.74, 6) is 3.38. The maximum atomic E-state index is 10.1. The molecule has 3 fully saturated rings. The van der Waals surface area contributed by atoms with E-state index in [9.17, 15) is 10.2 Å². The van der Waals surface area contributed by atoms with Gasteiger partial charge in [0.2, 0.25) is 0 Å². The van der Waals surface area contributed by atoms with E-state index in [1.165, 1.54) is 32.1 Å². The van der Waals surface area contributed by atoms with E-state index in [1.807, 2.05) is 0 Å². The molecule has 3 aliphatic carbocycles. The molecule has 3 rings (SSSR count). The monoisotopic (exact) mass is 412 g/mol. The first kappa shape index (κ1) is 23.5. The molecule has 2 N–H and O–H groups in total. The van der Waals surface area contributed by atoms with Gasteiger partial charge in [0.15, 0.2) is 0 Å². The van der Waals surface area contributed by atoms with Crippen molar-refractivity contribution in [3.8, 4) is 0 Å². The van der Waals surface area contributed by atoms with Crippen LogP contribution in [0.1, 0.15) is 79.6 Å². The molecule has 0 aromatic carbocycles. The van der Waals surface area contributed by atoms with Gasteiger partial charge in [0.05, 0.1) is 12.2 Å². The van der Waals surface area contributed by atoms with Crippen molar-refractivity contribution >= 4 is 0 Å². The minimum atomic E-state index is -0.605. The normalized spacial score (nSPS) is 39.8. The smallest absolute Gasteiger partial charge is 0.0811 e. The summed E-state index contributed by atoms with van der Waals surface area (Å²) in [5, 5.41) is 20.2. The molecule has 2 heteroatoms. The summed E-state index contributed by atoms with van der Waals surface area (Å²) < 4.78 is 0. The lowest BCUT2D eigenvalue weighted by Crippen LogP contribution is -2.35. The molecule has 0 radical (unpaired) electrons. The third-order valence-corrected chi connectivity index (χ3v) is 8.71. The van der Waals surface area contributed by atoms with Gasteiger partial charge in [-0.15, -0.1) is 0 Å². The zero-order chi connectivity index (χ0) is 22.1. The van der Waals surface area contributed by atoms with Gasteiger partial charge in [0.1, 0.15) is 0 Å². The fourth-order valence-corrected chi connectivity index (χ4v) is 6.32. The van der Waals surface area contributed by atoms with E-state index < -0.39 is 12.2 Å². The SMILES string of the molecule is C=C1/C(=C\C=C2/CCC[C@]3(C)[C@@H]2CC[C@@H]3[C@H](C)/C=C/[C@H](C)C(C)C)C[C@@H](O)C[C@@H]1O. The Bertz CT molecular complexity index is 712. The molecule has 0 saturated heterocycles. The van der Waals surface area contributed by atoms with Crippen LogP contribution < -0.4 is 0 Å². The summed E-state index contributed by atoms with van der Waals surface area (Å²) in [5.41, 5.74) is 3.77. The van der Waals surface area contributed by atoms with Crippen LogP contribution in [0.5, 0.6) is 0 Å². The predicted octanol–water partition coefficient (Wildman–Crippen LogP) is 6.61. The van der Waals surface area contributed by atoms with E-state index in [0.717, 1.165) is 17.1 Å². The van der Waals surface area contributed by atoms with Crippen molar-refractivity contribution in [1.29, 1.82) is 0 Å². The number of allylic oxidation sites excluding steroid dienone is 5. The minimum absolute atomic E-state index is 0.385. The largest absolute Gasteiger partial charge is 0.393 e. The average Bonchev–Trinajstić information content (AvgIpc) is 3.04. The average molecular weight is 413 g/mol. The second-order valence-electron chi connectivity index (χ2n) is 11.0. The van der Waals surface area contributed by atoms with E-state index in [0.29, 0.717) is 41.9 Å². The number of rotatable bonds is 5. The molecule has 2 nitrogen and oxygen atoms in total. The fraction of sp³-hybridized carbons (Fsp3) is 0.714. The molecule has 0 unspecified atom stereocenters. The lowest BCUT2D eigenvalue weighted by Gasteiger charge is -2.44. The highest BCUT2D eigenvalue weighted by Crippen LogP contribution is 2.59. The Morgan fingerprint density at radius 2 is 1.80 bits per heavy atom. The van der Waals surface area contributed by atoms with Crippen molar-refractivity contribution in [2.45, 2.75) is 91.8 Å². The van der Waals surface area contributed by atoms with Crippen molar-refractivity contribution in [1.82, 2.24) is 0 Å². The fourth-order valence-electron chi connectivity index (χ4n) is 6.32. The van der Waals surface area contributed by atoms with Crippen molar-refractivity contribution in [2.24, 2.45) is 35.0 Å². The van der Waals surface area contributed by atoms with Crippen molar-refractivity contribution in [3.05, 3.63) is 47.6 Å². The molecule has 3 aliphatic rings.